The molecule has 0 spiro atoms. The van der Waals surface area contributed by atoms with Crippen LogP contribution in [-0.2, 0) is 11.6 Å². The normalized spacial score (nSPS) is 12.1. The van der Waals surface area contributed by atoms with E-state index in [2.05, 4.69) is 58.3 Å². The standard InChI is InChI=1S/C28H31F3N6O/c1-5-32-11-7-13-38-23-15-19(9-10-20(23)27(2,3)4)37-26-25-22(35-17-36-26)14-18(16-34-25)24-21(28(29,30)31)8-6-12-33-24/h6,8-10,12,14-17,32H,5,7,11,13H2,1-4H3,(H,35,36,37). The predicted molar refractivity (Wildman–Crippen MR) is 143 cm³/mol. The minimum Gasteiger partial charge on any atom is -0.493 e. The summed E-state index contributed by atoms with van der Waals surface area (Å²) >= 11 is 0. The lowest BCUT2D eigenvalue weighted by molar-refractivity contribution is -0.137. The molecule has 4 rings (SSSR count). The number of ether oxygens (including phenoxy) is 1. The first-order valence-electron chi connectivity index (χ1n) is 12.5. The molecule has 0 aliphatic rings. The van der Waals surface area contributed by atoms with Crippen LogP contribution in [0, 0.1) is 0 Å². The smallest absolute Gasteiger partial charge is 0.418 e. The first-order valence-corrected chi connectivity index (χ1v) is 12.5. The minimum absolute atomic E-state index is 0.115. The Kier molecular flexibility index (Phi) is 8.11. The summed E-state index contributed by atoms with van der Waals surface area (Å²) in [5, 5.41) is 6.56. The van der Waals surface area contributed by atoms with Crippen LogP contribution in [0.1, 0.15) is 45.2 Å². The number of hydrogen-bond donors (Lipinski definition) is 2. The van der Waals surface area contributed by atoms with Crippen LogP contribution in [0.15, 0.2) is 55.1 Å². The fourth-order valence-corrected chi connectivity index (χ4v) is 4.06. The largest absolute Gasteiger partial charge is 0.493 e. The van der Waals surface area contributed by atoms with E-state index in [4.69, 9.17) is 4.74 Å². The molecule has 0 bridgehead atoms. The van der Waals surface area contributed by atoms with Crippen molar-refractivity contribution in [3.63, 3.8) is 0 Å². The molecule has 0 fully saturated rings. The molecule has 3 heterocycles. The summed E-state index contributed by atoms with van der Waals surface area (Å²) in [6.07, 6.45) is 0.368. The van der Waals surface area contributed by atoms with Gasteiger partial charge in [0, 0.05) is 29.7 Å². The number of aromatic nitrogens is 4. The van der Waals surface area contributed by atoms with E-state index in [1.165, 1.54) is 30.9 Å². The first kappa shape index (κ1) is 27.3. The van der Waals surface area contributed by atoms with Gasteiger partial charge in [0.15, 0.2) is 5.82 Å². The average molecular weight is 525 g/mol. The number of rotatable bonds is 9. The summed E-state index contributed by atoms with van der Waals surface area (Å²) in [7, 11) is 0. The Morgan fingerprint density at radius 1 is 0.947 bits per heavy atom. The fourth-order valence-electron chi connectivity index (χ4n) is 4.06. The van der Waals surface area contributed by atoms with Crippen molar-refractivity contribution in [2.75, 3.05) is 25.0 Å². The second-order valence-electron chi connectivity index (χ2n) is 9.85. The van der Waals surface area contributed by atoms with Gasteiger partial charge in [-0.05, 0) is 54.8 Å². The lowest BCUT2D eigenvalue weighted by atomic mass is 9.86. The van der Waals surface area contributed by atoms with Gasteiger partial charge in [0.25, 0.3) is 0 Å². The molecule has 4 aromatic rings. The van der Waals surface area contributed by atoms with Crippen molar-refractivity contribution in [1.29, 1.82) is 0 Å². The Morgan fingerprint density at radius 2 is 1.76 bits per heavy atom. The third-order valence-corrected chi connectivity index (χ3v) is 5.92. The summed E-state index contributed by atoms with van der Waals surface area (Å²) in [6, 6.07) is 9.69. The molecule has 0 saturated carbocycles. The fraction of sp³-hybridized carbons (Fsp3) is 0.357. The summed E-state index contributed by atoms with van der Waals surface area (Å²) in [4.78, 5) is 16.9. The molecule has 0 amide bonds. The number of benzene rings is 1. The molecular formula is C28H31F3N6O. The second kappa shape index (κ2) is 11.3. The number of halogens is 3. The van der Waals surface area contributed by atoms with Crippen molar-refractivity contribution < 1.29 is 17.9 Å². The minimum atomic E-state index is -4.54. The maximum absolute atomic E-state index is 13.5. The number of anilines is 2. The highest BCUT2D eigenvalue weighted by molar-refractivity contribution is 5.89. The number of nitrogens with one attached hydrogen (secondary N) is 2. The van der Waals surface area contributed by atoms with Crippen LogP contribution in [0.4, 0.5) is 24.7 Å². The molecular weight excluding hydrogens is 493 g/mol. The van der Waals surface area contributed by atoms with Crippen molar-refractivity contribution in [2.24, 2.45) is 0 Å². The molecule has 0 unspecified atom stereocenters. The summed E-state index contributed by atoms with van der Waals surface area (Å²) < 4.78 is 46.7. The van der Waals surface area contributed by atoms with Crippen molar-refractivity contribution in [1.82, 2.24) is 25.3 Å². The van der Waals surface area contributed by atoms with Crippen molar-refractivity contribution >= 4 is 22.5 Å². The zero-order valence-electron chi connectivity index (χ0n) is 21.9. The highest BCUT2D eigenvalue weighted by Gasteiger charge is 2.34. The number of fused-ring (bicyclic) bond motifs is 1. The topological polar surface area (TPSA) is 84.9 Å². The van der Waals surface area contributed by atoms with E-state index in [9.17, 15) is 13.2 Å². The number of alkyl halides is 3. The van der Waals surface area contributed by atoms with Gasteiger partial charge < -0.3 is 15.4 Å². The summed E-state index contributed by atoms with van der Waals surface area (Å²) in [5.74, 6) is 1.21. The Balaban J connectivity index is 1.64. The third kappa shape index (κ3) is 6.36. The van der Waals surface area contributed by atoms with Crippen molar-refractivity contribution in [2.45, 2.75) is 45.7 Å². The maximum Gasteiger partial charge on any atom is 0.418 e. The van der Waals surface area contributed by atoms with Gasteiger partial charge in [-0.1, -0.05) is 33.8 Å². The van der Waals surface area contributed by atoms with Gasteiger partial charge in [-0.3, -0.25) is 4.98 Å². The summed E-state index contributed by atoms with van der Waals surface area (Å²) in [5.41, 5.74) is 1.72. The lowest BCUT2D eigenvalue weighted by Crippen LogP contribution is -2.18. The molecule has 10 heteroatoms. The Morgan fingerprint density at radius 3 is 2.50 bits per heavy atom. The van der Waals surface area contributed by atoms with Crippen LogP contribution in [0.3, 0.4) is 0 Å². The zero-order chi connectivity index (χ0) is 27.3. The van der Waals surface area contributed by atoms with Crippen LogP contribution >= 0.6 is 0 Å². The molecule has 3 aromatic heterocycles. The van der Waals surface area contributed by atoms with Crippen LogP contribution in [0.5, 0.6) is 5.75 Å². The molecule has 0 radical (unpaired) electrons. The number of nitrogens with zero attached hydrogens (tertiary/aromatic N) is 4. The molecule has 0 atom stereocenters. The van der Waals surface area contributed by atoms with Crippen LogP contribution in [0.25, 0.3) is 22.3 Å². The van der Waals surface area contributed by atoms with E-state index in [0.29, 0.717) is 23.5 Å². The average Bonchev–Trinajstić information content (AvgIpc) is 2.87. The molecule has 7 nitrogen and oxygen atoms in total. The predicted octanol–water partition coefficient (Wildman–Crippen LogP) is 6.53. The van der Waals surface area contributed by atoms with Gasteiger partial charge in [-0.25, -0.2) is 15.0 Å². The van der Waals surface area contributed by atoms with Gasteiger partial charge in [0.05, 0.1) is 23.4 Å². The van der Waals surface area contributed by atoms with Gasteiger partial charge in [0.1, 0.15) is 17.6 Å². The quantitative estimate of drug-likeness (QED) is 0.241. The highest BCUT2D eigenvalue weighted by atomic mass is 19.4. The van der Waals surface area contributed by atoms with E-state index in [-0.39, 0.29) is 16.7 Å². The van der Waals surface area contributed by atoms with Gasteiger partial charge in [-0.15, -0.1) is 0 Å². The van der Waals surface area contributed by atoms with Crippen LogP contribution in [-0.4, -0.2) is 39.6 Å². The third-order valence-electron chi connectivity index (χ3n) is 5.92. The molecule has 2 N–H and O–H groups in total. The van der Waals surface area contributed by atoms with Gasteiger partial charge in [0.2, 0.25) is 0 Å². The highest BCUT2D eigenvalue weighted by Crippen LogP contribution is 2.37. The monoisotopic (exact) mass is 524 g/mol. The molecule has 0 aliphatic heterocycles. The number of hydrogen-bond acceptors (Lipinski definition) is 7. The molecule has 38 heavy (non-hydrogen) atoms. The zero-order valence-corrected chi connectivity index (χ0v) is 21.9. The van der Waals surface area contributed by atoms with Crippen molar-refractivity contribution in [3.05, 3.63) is 66.2 Å². The van der Waals surface area contributed by atoms with Crippen LogP contribution in [0.2, 0.25) is 0 Å². The first-order chi connectivity index (χ1) is 18.1. The van der Waals surface area contributed by atoms with Crippen LogP contribution < -0.4 is 15.4 Å². The van der Waals surface area contributed by atoms with E-state index >= 15 is 0 Å². The Hall–Kier alpha value is -3.79. The molecule has 1 aromatic carbocycles. The second-order valence-corrected chi connectivity index (χ2v) is 9.85. The Bertz CT molecular complexity index is 1400. The van der Waals surface area contributed by atoms with Gasteiger partial charge >= 0.3 is 6.18 Å². The maximum atomic E-state index is 13.5. The van der Waals surface area contributed by atoms with E-state index in [1.807, 2.05) is 18.2 Å². The Labute approximate surface area is 219 Å². The molecule has 0 aliphatic carbocycles. The SMILES string of the molecule is CCNCCCOc1cc(Nc2ncnc3cc(-c4ncccc4C(F)(F)F)cnc23)ccc1C(C)(C)C. The molecule has 200 valence electrons. The van der Waals surface area contributed by atoms with E-state index in [1.54, 1.807) is 0 Å². The van der Waals surface area contributed by atoms with Gasteiger partial charge in [-0.2, -0.15) is 13.2 Å². The summed E-state index contributed by atoms with van der Waals surface area (Å²) in [6.45, 7) is 10.8. The molecule has 0 saturated heterocycles. The number of pyridine rings is 2. The van der Waals surface area contributed by atoms with E-state index in [0.717, 1.165) is 42.6 Å². The van der Waals surface area contributed by atoms with Crippen molar-refractivity contribution in [3.8, 4) is 17.0 Å². The lowest BCUT2D eigenvalue weighted by Gasteiger charge is -2.24. The van der Waals surface area contributed by atoms with E-state index < -0.39 is 11.7 Å².